The van der Waals surface area contributed by atoms with Crippen molar-refractivity contribution in [3.8, 4) is 0 Å². The van der Waals surface area contributed by atoms with E-state index in [-0.39, 0.29) is 34.6 Å². The smallest absolute Gasteiger partial charge is 0.317 e. The first-order valence-corrected chi connectivity index (χ1v) is 10.4. The number of nitro groups is 1. The van der Waals surface area contributed by atoms with Crippen molar-refractivity contribution < 1.29 is 9.72 Å². The Morgan fingerprint density at radius 2 is 2.03 bits per heavy atom. The van der Waals surface area contributed by atoms with Crippen LogP contribution in [0, 0.1) is 10.1 Å². The van der Waals surface area contributed by atoms with Gasteiger partial charge in [0.2, 0.25) is 0 Å². The Bertz CT molecular complexity index is 965. The van der Waals surface area contributed by atoms with Crippen LogP contribution in [0.25, 0.3) is 10.9 Å². The Kier molecular flexibility index (Phi) is 4.98. The lowest BCUT2D eigenvalue weighted by Crippen LogP contribution is -2.56. The summed E-state index contributed by atoms with van der Waals surface area (Å²) in [6, 6.07) is 3.71. The molecule has 8 nitrogen and oxygen atoms in total. The summed E-state index contributed by atoms with van der Waals surface area (Å²) in [6.07, 6.45) is 3.84. The molecular weight excluding hydrogens is 370 g/mol. The van der Waals surface area contributed by atoms with E-state index in [9.17, 15) is 14.9 Å². The van der Waals surface area contributed by atoms with Crippen LogP contribution >= 0.6 is 0 Å². The Morgan fingerprint density at radius 3 is 2.69 bits per heavy atom. The van der Waals surface area contributed by atoms with E-state index in [0.29, 0.717) is 13.1 Å². The minimum atomic E-state index is -0.307. The van der Waals surface area contributed by atoms with Gasteiger partial charge in [0.1, 0.15) is 0 Å². The minimum absolute atomic E-state index is 0.0222. The summed E-state index contributed by atoms with van der Waals surface area (Å²) in [7, 11) is 4.04. The van der Waals surface area contributed by atoms with Crippen LogP contribution in [0.5, 0.6) is 0 Å². The zero-order chi connectivity index (χ0) is 20.9. The highest BCUT2D eigenvalue weighted by Crippen LogP contribution is 2.45. The first-order valence-electron chi connectivity index (χ1n) is 10.4. The van der Waals surface area contributed by atoms with E-state index in [1.54, 1.807) is 17.0 Å². The summed E-state index contributed by atoms with van der Waals surface area (Å²) in [5, 5.41) is 15.9. The van der Waals surface area contributed by atoms with E-state index < -0.39 is 0 Å². The molecule has 1 aromatic carbocycles. The number of rotatable bonds is 4. The number of fused-ring (bicyclic) bond motifs is 2. The molecule has 29 heavy (non-hydrogen) atoms. The van der Waals surface area contributed by atoms with Crippen molar-refractivity contribution in [1.29, 1.82) is 0 Å². The van der Waals surface area contributed by atoms with Gasteiger partial charge >= 0.3 is 6.03 Å². The highest BCUT2D eigenvalue weighted by atomic mass is 16.6. The Hall–Kier alpha value is -2.61. The molecule has 0 spiro atoms. The number of benzene rings is 1. The van der Waals surface area contributed by atoms with Gasteiger partial charge in [-0.25, -0.2) is 4.79 Å². The number of aryl methyl sites for hydroxylation is 1. The van der Waals surface area contributed by atoms with Crippen LogP contribution in [0.15, 0.2) is 18.3 Å². The molecule has 0 radical (unpaired) electrons. The number of hydrogen-bond donors (Lipinski definition) is 1. The zero-order valence-electron chi connectivity index (χ0n) is 17.5. The molecule has 1 saturated heterocycles. The fraction of sp³-hybridized carbons (Fsp3) is 0.571. The second-order valence-electron chi connectivity index (χ2n) is 8.32. The average Bonchev–Trinajstić information content (AvgIpc) is 3.00. The Morgan fingerprint density at radius 1 is 1.31 bits per heavy atom. The SMILES string of the molecule is CCN(CC)C(=O)N[C@H]1CC2c3cc([N+](=O)[O-])cc4c3c(cn4C)C[C@H]2N(C)C1. The third-order valence-electron chi connectivity index (χ3n) is 6.68. The molecule has 1 aliphatic heterocycles. The van der Waals surface area contributed by atoms with E-state index in [4.69, 9.17) is 0 Å². The zero-order valence-corrected chi connectivity index (χ0v) is 17.5. The molecule has 2 aromatic rings. The third kappa shape index (κ3) is 3.25. The maximum absolute atomic E-state index is 12.6. The van der Waals surface area contributed by atoms with E-state index in [1.165, 1.54) is 5.56 Å². The molecule has 0 bridgehead atoms. The molecule has 1 aliphatic carbocycles. The molecule has 3 atom stereocenters. The lowest BCUT2D eigenvalue weighted by Gasteiger charge is -2.45. The van der Waals surface area contributed by atoms with Crippen molar-refractivity contribution in [3.63, 3.8) is 0 Å². The van der Waals surface area contributed by atoms with Gasteiger partial charge in [0, 0.05) is 68.4 Å². The van der Waals surface area contributed by atoms with E-state index in [2.05, 4.69) is 23.5 Å². The second-order valence-corrected chi connectivity index (χ2v) is 8.32. The summed E-state index contributed by atoms with van der Waals surface area (Å²) >= 11 is 0. The van der Waals surface area contributed by atoms with Crippen LogP contribution in [0.4, 0.5) is 10.5 Å². The first kappa shape index (κ1) is 19.7. The summed E-state index contributed by atoms with van der Waals surface area (Å²) < 4.78 is 2.00. The number of piperidine rings is 1. The summed E-state index contributed by atoms with van der Waals surface area (Å²) in [6.45, 7) is 6.09. The maximum Gasteiger partial charge on any atom is 0.317 e. The van der Waals surface area contributed by atoms with Gasteiger partial charge in [-0.1, -0.05) is 0 Å². The van der Waals surface area contributed by atoms with Gasteiger partial charge in [0.25, 0.3) is 5.69 Å². The molecule has 1 N–H and O–H groups in total. The van der Waals surface area contributed by atoms with E-state index >= 15 is 0 Å². The largest absolute Gasteiger partial charge is 0.350 e. The van der Waals surface area contributed by atoms with Gasteiger partial charge in [-0.2, -0.15) is 0 Å². The third-order valence-corrected chi connectivity index (χ3v) is 6.68. The van der Waals surface area contributed by atoms with Gasteiger partial charge in [0.15, 0.2) is 0 Å². The Balaban J connectivity index is 1.71. The van der Waals surface area contributed by atoms with Gasteiger partial charge in [-0.15, -0.1) is 0 Å². The van der Waals surface area contributed by atoms with Crippen LogP contribution in [0.1, 0.15) is 37.3 Å². The van der Waals surface area contributed by atoms with Crippen LogP contribution in [0.2, 0.25) is 0 Å². The molecule has 2 heterocycles. The van der Waals surface area contributed by atoms with E-state index in [1.807, 2.05) is 25.5 Å². The molecule has 1 aromatic heterocycles. The fourth-order valence-electron chi connectivity index (χ4n) is 5.25. The first-order chi connectivity index (χ1) is 13.8. The van der Waals surface area contributed by atoms with Gasteiger partial charge in [-0.3, -0.25) is 10.1 Å². The van der Waals surface area contributed by atoms with Crippen molar-refractivity contribution in [2.45, 2.75) is 44.7 Å². The number of non-ortho nitro benzene ring substituents is 1. The number of amides is 2. The molecule has 4 rings (SSSR count). The molecule has 1 unspecified atom stereocenters. The Labute approximate surface area is 170 Å². The van der Waals surface area contributed by atoms with Crippen molar-refractivity contribution >= 4 is 22.6 Å². The number of likely N-dealkylation sites (tertiary alicyclic amines) is 1. The number of hydrogen-bond acceptors (Lipinski definition) is 4. The molecule has 156 valence electrons. The molecule has 2 amide bonds. The standard InChI is InChI=1S/C21H29N5O3/c1-5-25(6-2)21(27)22-14-8-16-17-9-15(26(28)29)10-19-20(17)13(11-23(19)3)7-18(16)24(4)12-14/h9-11,14,16,18H,5-8,12H2,1-4H3,(H,22,27)/t14-,16?,18+/m0/s1. The van der Waals surface area contributed by atoms with Crippen LogP contribution < -0.4 is 5.32 Å². The summed E-state index contributed by atoms with van der Waals surface area (Å²) in [4.78, 5) is 27.9. The topological polar surface area (TPSA) is 83.6 Å². The predicted molar refractivity (Wildman–Crippen MR) is 112 cm³/mol. The summed E-state index contributed by atoms with van der Waals surface area (Å²) in [5.41, 5.74) is 3.36. The molecular formula is C21H29N5O3. The van der Waals surface area contributed by atoms with Crippen LogP contribution in [0.3, 0.4) is 0 Å². The maximum atomic E-state index is 12.6. The monoisotopic (exact) mass is 399 g/mol. The predicted octanol–water partition coefficient (Wildman–Crippen LogP) is 2.85. The van der Waals surface area contributed by atoms with Gasteiger partial charge in [0.05, 0.1) is 10.4 Å². The van der Waals surface area contributed by atoms with Crippen molar-refractivity contribution in [3.05, 3.63) is 39.6 Å². The molecule has 8 heteroatoms. The van der Waals surface area contributed by atoms with Gasteiger partial charge < -0.3 is 19.7 Å². The number of aromatic nitrogens is 1. The number of nitrogens with zero attached hydrogens (tertiary/aromatic N) is 4. The van der Waals surface area contributed by atoms with Crippen molar-refractivity contribution in [2.24, 2.45) is 7.05 Å². The lowest BCUT2D eigenvalue weighted by molar-refractivity contribution is -0.384. The summed E-state index contributed by atoms with van der Waals surface area (Å²) in [5.74, 6) is 0.160. The lowest BCUT2D eigenvalue weighted by atomic mass is 9.74. The van der Waals surface area contributed by atoms with Gasteiger partial charge in [-0.05, 0) is 44.9 Å². The number of nitro benzene ring substituents is 1. The van der Waals surface area contributed by atoms with Crippen molar-refractivity contribution in [2.75, 3.05) is 26.7 Å². The van der Waals surface area contributed by atoms with E-state index in [0.717, 1.165) is 35.9 Å². The number of likely N-dealkylation sites (N-methyl/N-ethyl adjacent to an activating group) is 1. The second kappa shape index (κ2) is 7.33. The molecule has 0 saturated carbocycles. The number of carbonyl (C=O) groups is 1. The minimum Gasteiger partial charge on any atom is -0.350 e. The molecule has 2 aliphatic rings. The number of urea groups is 1. The quantitative estimate of drug-likeness (QED) is 0.633. The fourth-order valence-corrected chi connectivity index (χ4v) is 5.25. The highest BCUT2D eigenvalue weighted by Gasteiger charge is 2.41. The van der Waals surface area contributed by atoms with Crippen LogP contribution in [-0.4, -0.2) is 64.1 Å². The average molecular weight is 399 g/mol. The highest BCUT2D eigenvalue weighted by molar-refractivity contribution is 5.91. The molecule has 1 fully saturated rings. The number of carbonyl (C=O) groups excluding carboxylic acids is 1. The van der Waals surface area contributed by atoms with Crippen LogP contribution in [-0.2, 0) is 13.5 Å². The van der Waals surface area contributed by atoms with Crippen molar-refractivity contribution in [1.82, 2.24) is 19.7 Å². The normalized spacial score (nSPS) is 23.7. The number of nitrogens with one attached hydrogen (secondary N) is 1.